The number of esters is 1. The zero-order chi connectivity index (χ0) is 20.1. The van der Waals surface area contributed by atoms with E-state index in [1.165, 1.54) is 6.42 Å². The molecular formula is C24H38O4. The molecule has 0 spiro atoms. The second kappa shape index (κ2) is 10.1. The molecule has 3 aliphatic heterocycles. The zero-order valence-electron chi connectivity index (χ0n) is 17.8. The van der Waals surface area contributed by atoms with Gasteiger partial charge in [-0.05, 0) is 56.8 Å². The van der Waals surface area contributed by atoms with Crippen molar-refractivity contribution in [2.45, 2.75) is 103 Å². The Labute approximate surface area is 170 Å². The Balaban J connectivity index is 1.76. The fraction of sp³-hybridized carbons (Fsp3) is 0.792. The molecule has 4 bridgehead atoms. The van der Waals surface area contributed by atoms with Gasteiger partial charge < -0.3 is 14.2 Å². The van der Waals surface area contributed by atoms with Crippen LogP contribution in [0.5, 0.6) is 0 Å². The second-order valence-electron chi connectivity index (χ2n) is 9.35. The van der Waals surface area contributed by atoms with Gasteiger partial charge in [-0.15, -0.1) is 0 Å². The normalized spacial score (nSPS) is 44.3. The molecule has 3 heterocycles. The highest BCUT2D eigenvalue weighted by Crippen LogP contribution is 2.33. The van der Waals surface area contributed by atoms with Crippen molar-refractivity contribution >= 4 is 5.97 Å². The first-order valence-corrected chi connectivity index (χ1v) is 11.2. The Hall–Kier alpha value is -1.13. The fourth-order valence-corrected chi connectivity index (χ4v) is 5.01. The Bertz CT molecular complexity index is 557. The molecule has 8 atom stereocenters. The van der Waals surface area contributed by atoms with Crippen LogP contribution in [0, 0.1) is 17.8 Å². The van der Waals surface area contributed by atoms with E-state index in [0.29, 0.717) is 24.4 Å². The minimum absolute atomic E-state index is 0.0510. The summed E-state index contributed by atoms with van der Waals surface area (Å²) in [6, 6.07) is 0. The first kappa shape index (κ1) is 21.6. The third-order valence-corrected chi connectivity index (χ3v) is 6.47. The molecular weight excluding hydrogens is 352 g/mol. The highest BCUT2D eigenvalue weighted by Gasteiger charge is 2.33. The largest absolute Gasteiger partial charge is 0.457 e. The number of ether oxygens (including phenoxy) is 3. The van der Waals surface area contributed by atoms with Crippen LogP contribution in [0.3, 0.4) is 0 Å². The molecule has 3 rings (SSSR count). The topological polar surface area (TPSA) is 44.8 Å². The molecule has 0 aliphatic carbocycles. The Morgan fingerprint density at radius 2 is 1.61 bits per heavy atom. The van der Waals surface area contributed by atoms with E-state index in [0.717, 1.165) is 38.5 Å². The van der Waals surface area contributed by atoms with Crippen LogP contribution in [0.15, 0.2) is 24.8 Å². The van der Waals surface area contributed by atoms with Crippen molar-refractivity contribution in [3.05, 3.63) is 24.8 Å². The number of cyclic esters (lactones) is 1. The second-order valence-corrected chi connectivity index (χ2v) is 9.35. The SMILES string of the molecule is C=CC1OC(=O)CC2C[C@H](C)C[C@H](CC3CCC[C@H](C[C@@H](C)/C=C/[C@@H]1C)O3)O2. The van der Waals surface area contributed by atoms with Crippen molar-refractivity contribution in [2.75, 3.05) is 0 Å². The van der Waals surface area contributed by atoms with Crippen molar-refractivity contribution in [1.82, 2.24) is 0 Å². The number of carbonyl (C=O) groups is 1. The van der Waals surface area contributed by atoms with E-state index >= 15 is 0 Å². The van der Waals surface area contributed by atoms with Gasteiger partial charge in [-0.3, -0.25) is 4.79 Å². The van der Waals surface area contributed by atoms with Crippen molar-refractivity contribution in [3.8, 4) is 0 Å². The molecule has 0 aromatic heterocycles. The average molecular weight is 391 g/mol. The molecule has 3 aliphatic rings. The summed E-state index contributed by atoms with van der Waals surface area (Å²) in [5, 5.41) is 0. The maximum atomic E-state index is 12.5. The molecule has 2 saturated heterocycles. The van der Waals surface area contributed by atoms with Crippen LogP contribution in [-0.4, -0.2) is 36.5 Å². The van der Waals surface area contributed by atoms with Gasteiger partial charge in [-0.2, -0.15) is 0 Å². The zero-order valence-corrected chi connectivity index (χ0v) is 17.8. The third kappa shape index (κ3) is 6.18. The summed E-state index contributed by atoms with van der Waals surface area (Å²) in [6.07, 6.45) is 14.4. The number of hydrogen-bond donors (Lipinski definition) is 0. The van der Waals surface area contributed by atoms with E-state index in [9.17, 15) is 4.79 Å². The van der Waals surface area contributed by atoms with Crippen molar-refractivity contribution < 1.29 is 19.0 Å². The van der Waals surface area contributed by atoms with Gasteiger partial charge in [0.1, 0.15) is 6.10 Å². The molecule has 0 radical (unpaired) electrons. The minimum Gasteiger partial charge on any atom is -0.457 e. The van der Waals surface area contributed by atoms with Crippen LogP contribution >= 0.6 is 0 Å². The van der Waals surface area contributed by atoms with Gasteiger partial charge >= 0.3 is 5.97 Å². The lowest BCUT2D eigenvalue weighted by molar-refractivity contribution is -0.157. The standard InChI is InChI=1S/C24H38O4/c1-5-23-18(4)10-9-16(2)11-19-7-6-8-20(26-19)14-21-12-17(3)13-22(27-21)15-24(25)28-23/h5,9-10,16-23H,1,6-8,11-15H2,2-4H3/b10-9+/t16-,17+,18-,19+,20?,21+,22?,23?/m0/s1. The highest BCUT2D eigenvalue weighted by molar-refractivity contribution is 5.70. The number of carbonyl (C=O) groups excluding carboxylic acids is 1. The van der Waals surface area contributed by atoms with Crippen LogP contribution in [0.1, 0.15) is 72.1 Å². The molecule has 0 aromatic rings. The van der Waals surface area contributed by atoms with Gasteiger partial charge in [-0.25, -0.2) is 0 Å². The number of allylic oxidation sites excluding steroid dienone is 1. The Morgan fingerprint density at radius 1 is 0.929 bits per heavy atom. The maximum Gasteiger partial charge on any atom is 0.309 e. The summed E-state index contributed by atoms with van der Waals surface area (Å²) >= 11 is 0. The van der Waals surface area contributed by atoms with Gasteiger partial charge in [0, 0.05) is 5.92 Å². The molecule has 28 heavy (non-hydrogen) atoms. The van der Waals surface area contributed by atoms with Crippen LogP contribution in [0.4, 0.5) is 0 Å². The van der Waals surface area contributed by atoms with Crippen molar-refractivity contribution in [1.29, 1.82) is 0 Å². The van der Waals surface area contributed by atoms with Gasteiger partial charge in [0.15, 0.2) is 0 Å². The van der Waals surface area contributed by atoms with Crippen LogP contribution in [0.2, 0.25) is 0 Å². The lowest BCUT2D eigenvalue weighted by Crippen LogP contribution is -2.38. The smallest absolute Gasteiger partial charge is 0.309 e. The van der Waals surface area contributed by atoms with Gasteiger partial charge in [0.25, 0.3) is 0 Å². The third-order valence-electron chi connectivity index (χ3n) is 6.47. The summed E-state index contributed by atoms with van der Waals surface area (Å²) in [7, 11) is 0. The highest BCUT2D eigenvalue weighted by atomic mass is 16.5. The summed E-state index contributed by atoms with van der Waals surface area (Å²) in [5.74, 6) is 0.926. The fourth-order valence-electron chi connectivity index (χ4n) is 5.01. The average Bonchev–Trinajstić information content (AvgIpc) is 2.63. The molecule has 2 fully saturated rings. The molecule has 4 nitrogen and oxygen atoms in total. The lowest BCUT2D eigenvalue weighted by Gasteiger charge is -2.38. The van der Waals surface area contributed by atoms with E-state index < -0.39 is 0 Å². The van der Waals surface area contributed by atoms with E-state index in [4.69, 9.17) is 14.2 Å². The molecule has 3 unspecified atom stereocenters. The first-order chi connectivity index (χ1) is 13.4. The maximum absolute atomic E-state index is 12.5. The minimum atomic E-state index is -0.295. The summed E-state index contributed by atoms with van der Waals surface area (Å²) in [4.78, 5) is 12.5. The van der Waals surface area contributed by atoms with Crippen LogP contribution in [0.25, 0.3) is 0 Å². The predicted molar refractivity (Wildman–Crippen MR) is 111 cm³/mol. The molecule has 0 saturated carbocycles. The van der Waals surface area contributed by atoms with Crippen molar-refractivity contribution in [3.63, 3.8) is 0 Å². The molecule has 4 heteroatoms. The van der Waals surface area contributed by atoms with E-state index in [1.807, 2.05) is 0 Å². The monoisotopic (exact) mass is 390 g/mol. The Morgan fingerprint density at radius 3 is 2.36 bits per heavy atom. The summed E-state index contributed by atoms with van der Waals surface area (Å²) in [6.45, 7) is 10.5. The quantitative estimate of drug-likeness (QED) is 0.455. The molecule has 0 aromatic carbocycles. The van der Waals surface area contributed by atoms with Gasteiger partial charge in [0.05, 0.1) is 30.8 Å². The predicted octanol–water partition coefficient (Wildman–Crippen LogP) is 5.22. The molecule has 0 N–H and O–H groups in total. The summed E-state index contributed by atoms with van der Waals surface area (Å²) in [5.41, 5.74) is 0. The van der Waals surface area contributed by atoms with Gasteiger partial charge in [0.2, 0.25) is 0 Å². The number of hydrogen-bond acceptors (Lipinski definition) is 4. The van der Waals surface area contributed by atoms with E-state index in [-0.39, 0.29) is 36.3 Å². The number of rotatable bonds is 1. The van der Waals surface area contributed by atoms with Gasteiger partial charge in [-0.1, -0.05) is 45.6 Å². The van der Waals surface area contributed by atoms with E-state index in [2.05, 4.69) is 39.5 Å². The first-order valence-electron chi connectivity index (χ1n) is 11.2. The molecule has 158 valence electrons. The van der Waals surface area contributed by atoms with Crippen LogP contribution in [-0.2, 0) is 19.0 Å². The van der Waals surface area contributed by atoms with E-state index in [1.54, 1.807) is 6.08 Å². The number of fused-ring (bicyclic) bond motifs is 4. The summed E-state index contributed by atoms with van der Waals surface area (Å²) < 4.78 is 18.5. The van der Waals surface area contributed by atoms with Crippen LogP contribution < -0.4 is 0 Å². The van der Waals surface area contributed by atoms with Crippen molar-refractivity contribution in [2.24, 2.45) is 17.8 Å². The molecule has 0 amide bonds. The Kier molecular flexibility index (Phi) is 7.76. The lowest BCUT2D eigenvalue weighted by atomic mass is 9.88.